The molecule has 0 saturated heterocycles. The van der Waals surface area contributed by atoms with Gasteiger partial charge >= 0.3 is 5.97 Å². The van der Waals surface area contributed by atoms with E-state index in [0.29, 0.717) is 13.0 Å². The second-order valence-electron chi connectivity index (χ2n) is 4.83. The van der Waals surface area contributed by atoms with Crippen LogP contribution in [0.4, 0.5) is 0 Å². The molecule has 0 aromatic carbocycles. The lowest BCUT2D eigenvalue weighted by Gasteiger charge is -2.22. The van der Waals surface area contributed by atoms with Crippen LogP contribution in [-0.4, -0.2) is 24.3 Å². The van der Waals surface area contributed by atoms with E-state index in [9.17, 15) is 4.79 Å². The first-order chi connectivity index (χ1) is 6.85. The topological polar surface area (TPSA) is 35.5 Å². The molecule has 1 unspecified atom stereocenters. The highest BCUT2D eigenvalue weighted by molar-refractivity contribution is 5.69. The molecule has 3 heteroatoms. The van der Waals surface area contributed by atoms with E-state index in [2.05, 4.69) is 6.92 Å². The maximum absolute atomic E-state index is 11.3. The average molecular weight is 216 g/mol. The number of carbonyl (C=O) groups is 1. The molecule has 0 aromatic rings. The number of unbranched alkanes of at least 4 members (excludes halogenated alkanes) is 1. The Morgan fingerprint density at radius 1 is 1.33 bits per heavy atom. The summed E-state index contributed by atoms with van der Waals surface area (Å²) in [7, 11) is 0. The van der Waals surface area contributed by atoms with Crippen molar-refractivity contribution in [3.05, 3.63) is 0 Å². The molecule has 0 bridgehead atoms. The third kappa shape index (κ3) is 9.73. The minimum atomic E-state index is -0.177. The zero-order valence-electron chi connectivity index (χ0n) is 10.6. The summed E-state index contributed by atoms with van der Waals surface area (Å²) < 4.78 is 10.7. The van der Waals surface area contributed by atoms with Gasteiger partial charge in [0.1, 0.15) is 6.10 Å². The molecule has 0 heterocycles. The SMILES string of the molecule is CCCCC(=O)OC(C)COC(C)(C)C. The quantitative estimate of drug-likeness (QED) is 0.640. The molecule has 0 spiro atoms. The summed E-state index contributed by atoms with van der Waals surface area (Å²) in [5.41, 5.74) is -0.177. The van der Waals surface area contributed by atoms with Gasteiger partial charge in [-0.05, 0) is 34.1 Å². The van der Waals surface area contributed by atoms with E-state index in [0.717, 1.165) is 12.8 Å². The molecule has 0 fully saturated rings. The maximum Gasteiger partial charge on any atom is 0.306 e. The molecular formula is C12H24O3. The van der Waals surface area contributed by atoms with Gasteiger partial charge < -0.3 is 9.47 Å². The molecule has 0 radical (unpaired) electrons. The summed E-state index contributed by atoms with van der Waals surface area (Å²) in [6.07, 6.45) is 2.26. The fraction of sp³-hybridized carbons (Fsp3) is 0.917. The minimum Gasteiger partial charge on any atom is -0.460 e. The van der Waals surface area contributed by atoms with Crippen molar-refractivity contribution in [1.29, 1.82) is 0 Å². The molecule has 0 aliphatic rings. The molecule has 90 valence electrons. The summed E-state index contributed by atoms with van der Waals surface area (Å²) in [5.74, 6) is -0.123. The van der Waals surface area contributed by atoms with Crippen LogP contribution in [-0.2, 0) is 14.3 Å². The number of rotatable bonds is 6. The lowest BCUT2D eigenvalue weighted by atomic mass is 10.2. The Morgan fingerprint density at radius 3 is 2.40 bits per heavy atom. The van der Waals surface area contributed by atoms with Crippen molar-refractivity contribution >= 4 is 5.97 Å². The molecule has 1 atom stereocenters. The summed E-state index contributed by atoms with van der Waals surface area (Å²) >= 11 is 0. The zero-order valence-corrected chi connectivity index (χ0v) is 10.6. The second kappa shape index (κ2) is 6.83. The van der Waals surface area contributed by atoms with E-state index in [1.807, 2.05) is 27.7 Å². The van der Waals surface area contributed by atoms with Crippen LogP contribution >= 0.6 is 0 Å². The standard InChI is InChI=1S/C12H24O3/c1-6-7-8-11(13)15-10(2)9-14-12(3,4)5/h10H,6-9H2,1-5H3. The monoisotopic (exact) mass is 216 g/mol. The first kappa shape index (κ1) is 14.4. The predicted octanol–water partition coefficient (Wildman–Crippen LogP) is 2.92. The Kier molecular flexibility index (Phi) is 6.57. The zero-order chi connectivity index (χ0) is 11.9. The van der Waals surface area contributed by atoms with Crippen LogP contribution in [0.25, 0.3) is 0 Å². The summed E-state index contributed by atoms with van der Waals surface area (Å²) in [5, 5.41) is 0. The van der Waals surface area contributed by atoms with Crippen LogP contribution in [0.2, 0.25) is 0 Å². The number of esters is 1. The van der Waals surface area contributed by atoms with Gasteiger partial charge in [0.15, 0.2) is 0 Å². The van der Waals surface area contributed by atoms with Gasteiger partial charge in [-0.3, -0.25) is 4.79 Å². The Bertz CT molecular complexity index is 182. The minimum absolute atomic E-state index is 0.123. The molecule has 0 aromatic heterocycles. The highest BCUT2D eigenvalue weighted by Crippen LogP contribution is 2.08. The number of carbonyl (C=O) groups excluding carboxylic acids is 1. The van der Waals surface area contributed by atoms with Crippen molar-refractivity contribution in [2.45, 2.75) is 65.6 Å². The van der Waals surface area contributed by atoms with E-state index in [1.54, 1.807) is 0 Å². The van der Waals surface area contributed by atoms with Crippen LogP contribution in [0.1, 0.15) is 53.9 Å². The van der Waals surface area contributed by atoms with Crippen molar-refractivity contribution in [3.8, 4) is 0 Å². The van der Waals surface area contributed by atoms with Gasteiger partial charge in [-0.15, -0.1) is 0 Å². The largest absolute Gasteiger partial charge is 0.460 e. The van der Waals surface area contributed by atoms with E-state index >= 15 is 0 Å². The van der Waals surface area contributed by atoms with Gasteiger partial charge in [-0.1, -0.05) is 13.3 Å². The van der Waals surface area contributed by atoms with Gasteiger partial charge in [0.05, 0.1) is 12.2 Å². The molecule has 0 rings (SSSR count). The highest BCUT2D eigenvalue weighted by atomic mass is 16.6. The average Bonchev–Trinajstić information content (AvgIpc) is 2.10. The van der Waals surface area contributed by atoms with Crippen molar-refractivity contribution < 1.29 is 14.3 Å². The third-order valence-corrected chi connectivity index (χ3v) is 1.82. The van der Waals surface area contributed by atoms with E-state index in [-0.39, 0.29) is 17.7 Å². The fourth-order valence-corrected chi connectivity index (χ4v) is 1.01. The van der Waals surface area contributed by atoms with Crippen molar-refractivity contribution in [2.24, 2.45) is 0 Å². The first-order valence-electron chi connectivity index (χ1n) is 5.68. The summed E-state index contributed by atoms with van der Waals surface area (Å²) in [6.45, 7) is 10.3. The molecule has 15 heavy (non-hydrogen) atoms. The molecule has 0 aliphatic heterocycles. The van der Waals surface area contributed by atoms with Crippen molar-refractivity contribution in [1.82, 2.24) is 0 Å². The molecule has 0 N–H and O–H groups in total. The van der Waals surface area contributed by atoms with Gasteiger partial charge in [0.2, 0.25) is 0 Å². The Labute approximate surface area is 93.1 Å². The Hall–Kier alpha value is -0.570. The van der Waals surface area contributed by atoms with Gasteiger partial charge in [-0.2, -0.15) is 0 Å². The maximum atomic E-state index is 11.3. The van der Waals surface area contributed by atoms with Gasteiger partial charge in [-0.25, -0.2) is 0 Å². The number of hydrogen-bond acceptors (Lipinski definition) is 3. The smallest absolute Gasteiger partial charge is 0.306 e. The normalized spacial score (nSPS) is 13.7. The van der Waals surface area contributed by atoms with Gasteiger partial charge in [0.25, 0.3) is 0 Å². The first-order valence-corrected chi connectivity index (χ1v) is 5.68. The van der Waals surface area contributed by atoms with Crippen molar-refractivity contribution in [2.75, 3.05) is 6.61 Å². The number of ether oxygens (including phenoxy) is 2. The Balaban J connectivity index is 3.64. The van der Waals surface area contributed by atoms with Crippen LogP contribution in [0.3, 0.4) is 0 Å². The lowest BCUT2D eigenvalue weighted by molar-refractivity contribution is -0.154. The van der Waals surface area contributed by atoms with Crippen molar-refractivity contribution in [3.63, 3.8) is 0 Å². The van der Waals surface area contributed by atoms with Gasteiger partial charge in [0, 0.05) is 6.42 Å². The number of hydrogen-bond donors (Lipinski definition) is 0. The molecule has 3 nitrogen and oxygen atoms in total. The van der Waals surface area contributed by atoms with Crippen LogP contribution < -0.4 is 0 Å². The Morgan fingerprint density at radius 2 is 1.93 bits per heavy atom. The lowest BCUT2D eigenvalue weighted by Crippen LogP contribution is -2.27. The van der Waals surface area contributed by atoms with Crippen LogP contribution in [0.15, 0.2) is 0 Å². The predicted molar refractivity (Wildman–Crippen MR) is 60.8 cm³/mol. The third-order valence-electron chi connectivity index (χ3n) is 1.82. The molecule has 0 aliphatic carbocycles. The van der Waals surface area contributed by atoms with E-state index < -0.39 is 0 Å². The molecule has 0 amide bonds. The van der Waals surface area contributed by atoms with E-state index in [1.165, 1.54) is 0 Å². The molecule has 0 saturated carbocycles. The van der Waals surface area contributed by atoms with Crippen LogP contribution in [0, 0.1) is 0 Å². The summed E-state index contributed by atoms with van der Waals surface area (Å²) in [4.78, 5) is 11.3. The molecular weight excluding hydrogens is 192 g/mol. The summed E-state index contributed by atoms with van der Waals surface area (Å²) in [6, 6.07) is 0. The van der Waals surface area contributed by atoms with E-state index in [4.69, 9.17) is 9.47 Å². The highest BCUT2D eigenvalue weighted by Gasteiger charge is 2.14. The van der Waals surface area contributed by atoms with Crippen LogP contribution in [0.5, 0.6) is 0 Å². The second-order valence-corrected chi connectivity index (χ2v) is 4.83. The fourth-order valence-electron chi connectivity index (χ4n) is 1.01.